The molecule has 1 aliphatic heterocycles. The second-order valence-electron chi connectivity index (χ2n) is 4.83. The topological polar surface area (TPSA) is 6.48 Å². The molecule has 1 aliphatic rings. The Kier molecular flexibility index (Phi) is 3.14. The van der Waals surface area contributed by atoms with E-state index < -0.39 is 0 Å². The van der Waals surface area contributed by atoms with E-state index in [1.54, 1.807) is 0 Å². The van der Waals surface area contributed by atoms with Crippen LogP contribution in [-0.2, 0) is 6.54 Å². The van der Waals surface area contributed by atoms with Crippen molar-refractivity contribution in [3.63, 3.8) is 0 Å². The standard InChI is InChI=1S/C14H18N2S/c1-15-6-8-16(9-7-15)11-13-10-12-4-2-3-5-14(12)17-13/h2-5,10H,6-9,11H2,1H3. The maximum absolute atomic E-state index is 2.56. The molecule has 0 atom stereocenters. The molecule has 0 amide bonds. The highest BCUT2D eigenvalue weighted by Crippen LogP contribution is 2.26. The van der Waals surface area contributed by atoms with Crippen LogP contribution in [0.4, 0.5) is 0 Å². The van der Waals surface area contributed by atoms with Crippen molar-refractivity contribution in [2.75, 3.05) is 33.2 Å². The first kappa shape index (κ1) is 11.2. The van der Waals surface area contributed by atoms with E-state index in [2.05, 4.69) is 47.2 Å². The van der Waals surface area contributed by atoms with Crippen LogP contribution in [0.5, 0.6) is 0 Å². The van der Waals surface area contributed by atoms with Crippen LogP contribution in [0.1, 0.15) is 4.88 Å². The average Bonchev–Trinajstić information content (AvgIpc) is 2.74. The number of rotatable bonds is 2. The van der Waals surface area contributed by atoms with E-state index >= 15 is 0 Å². The Hall–Kier alpha value is -0.900. The van der Waals surface area contributed by atoms with Crippen molar-refractivity contribution in [1.82, 2.24) is 9.80 Å². The van der Waals surface area contributed by atoms with Crippen LogP contribution in [0.15, 0.2) is 30.3 Å². The van der Waals surface area contributed by atoms with E-state index in [0.29, 0.717) is 0 Å². The van der Waals surface area contributed by atoms with Gasteiger partial charge < -0.3 is 4.90 Å². The molecule has 3 rings (SSSR count). The summed E-state index contributed by atoms with van der Waals surface area (Å²) < 4.78 is 1.41. The zero-order chi connectivity index (χ0) is 11.7. The van der Waals surface area contributed by atoms with Crippen molar-refractivity contribution in [3.8, 4) is 0 Å². The third kappa shape index (κ3) is 2.51. The van der Waals surface area contributed by atoms with Gasteiger partial charge in [-0.15, -0.1) is 11.3 Å². The minimum Gasteiger partial charge on any atom is -0.304 e. The SMILES string of the molecule is CN1CCN(Cc2cc3ccccc3s2)CC1. The molecule has 3 heteroatoms. The highest BCUT2D eigenvalue weighted by molar-refractivity contribution is 7.19. The van der Waals surface area contributed by atoms with Crippen molar-refractivity contribution in [1.29, 1.82) is 0 Å². The first-order valence-electron chi connectivity index (χ1n) is 6.19. The maximum Gasteiger partial charge on any atom is 0.0346 e. The van der Waals surface area contributed by atoms with Gasteiger partial charge in [0.1, 0.15) is 0 Å². The van der Waals surface area contributed by atoms with E-state index in [0.717, 1.165) is 6.54 Å². The summed E-state index contributed by atoms with van der Waals surface area (Å²) in [4.78, 5) is 6.46. The van der Waals surface area contributed by atoms with Crippen molar-refractivity contribution >= 4 is 21.4 Å². The van der Waals surface area contributed by atoms with Crippen LogP contribution in [0.3, 0.4) is 0 Å². The Morgan fingerprint density at radius 2 is 1.88 bits per heavy atom. The Morgan fingerprint density at radius 3 is 2.65 bits per heavy atom. The lowest BCUT2D eigenvalue weighted by Crippen LogP contribution is -2.43. The molecule has 2 aromatic rings. The minimum absolute atomic E-state index is 1.12. The molecule has 17 heavy (non-hydrogen) atoms. The largest absolute Gasteiger partial charge is 0.304 e. The van der Waals surface area contributed by atoms with Crippen molar-refractivity contribution in [2.45, 2.75) is 6.54 Å². The third-order valence-electron chi connectivity index (χ3n) is 3.45. The van der Waals surface area contributed by atoms with Gasteiger partial charge in [0.25, 0.3) is 0 Å². The molecule has 0 bridgehead atoms. The van der Waals surface area contributed by atoms with Gasteiger partial charge in [-0.25, -0.2) is 0 Å². The van der Waals surface area contributed by atoms with Gasteiger partial charge in [0.05, 0.1) is 0 Å². The molecule has 1 aromatic carbocycles. The summed E-state index contributed by atoms with van der Waals surface area (Å²) in [5.74, 6) is 0. The summed E-state index contributed by atoms with van der Waals surface area (Å²) in [6.07, 6.45) is 0. The Bertz CT molecular complexity index is 465. The van der Waals surface area contributed by atoms with E-state index in [1.807, 2.05) is 11.3 Å². The Balaban J connectivity index is 1.72. The zero-order valence-electron chi connectivity index (χ0n) is 10.2. The van der Waals surface area contributed by atoms with Crippen LogP contribution >= 0.6 is 11.3 Å². The van der Waals surface area contributed by atoms with Gasteiger partial charge in [-0.2, -0.15) is 0 Å². The first-order valence-corrected chi connectivity index (χ1v) is 7.01. The van der Waals surface area contributed by atoms with E-state index in [9.17, 15) is 0 Å². The number of likely N-dealkylation sites (N-methyl/N-ethyl adjacent to an activating group) is 1. The fourth-order valence-electron chi connectivity index (χ4n) is 2.34. The summed E-state index contributed by atoms with van der Waals surface area (Å²) in [6.45, 7) is 5.92. The molecule has 90 valence electrons. The Morgan fingerprint density at radius 1 is 1.12 bits per heavy atom. The normalized spacial score (nSPS) is 18.9. The molecule has 1 aromatic heterocycles. The van der Waals surface area contributed by atoms with E-state index in [4.69, 9.17) is 0 Å². The molecule has 0 aliphatic carbocycles. The molecule has 2 heterocycles. The number of fused-ring (bicyclic) bond motifs is 1. The first-order chi connectivity index (χ1) is 8.31. The molecule has 0 saturated carbocycles. The molecule has 1 fully saturated rings. The Labute approximate surface area is 106 Å². The van der Waals surface area contributed by atoms with Gasteiger partial charge in [0.15, 0.2) is 0 Å². The summed E-state index contributed by atoms with van der Waals surface area (Å²) >= 11 is 1.94. The minimum atomic E-state index is 1.12. The quantitative estimate of drug-likeness (QED) is 0.804. The molecular formula is C14H18N2S. The number of nitrogens with zero attached hydrogens (tertiary/aromatic N) is 2. The predicted octanol–water partition coefficient (Wildman–Crippen LogP) is 2.65. The highest BCUT2D eigenvalue weighted by atomic mass is 32.1. The van der Waals surface area contributed by atoms with Gasteiger partial charge in [-0.05, 0) is 24.6 Å². The second-order valence-corrected chi connectivity index (χ2v) is 6.00. The molecule has 0 unspecified atom stereocenters. The summed E-state index contributed by atoms with van der Waals surface area (Å²) in [5.41, 5.74) is 0. The van der Waals surface area contributed by atoms with Gasteiger partial charge in [-0.1, -0.05) is 18.2 Å². The number of thiophene rings is 1. The highest BCUT2D eigenvalue weighted by Gasteiger charge is 2.14. The summed E-state index contributed by atoms with van der Waals surface area (Å²) in [6, 6.07) is 11.0. The van der Waals surface area contributed by atoms with Gasteiger partial charge >= 0.3 is 0 Å². The average molecular weight is 246 g/mol. The summed E-state index contributed by atoms with van der Waals surface area (Å²) in [7, 11) is 2.21. The van der Waals surface area contributed by atoms with Crippen LogP contribution in [0.2, 0.25) is 0 Å². The number of hydrogen-bond donors (Lipinski definition) is 0. The predicted molar refractivity (Wildman–Crippen MR) is 74.6 cm³/mol. The number of benzene rings is 1. The van der Waals surface area contributed by atoms with E-state index in [-0.39, 0.29) is 0 Å². The lowest BCUT2D eigenvalue weighted by molar-refractivity contribution is 0.149. The van der Waals surface area contributed by atoms with Crippen LogP contribution < -0.4 is 0 Å². The molecule has 0 spiro atoms. The molecular weight excluding hydrogens is 228 g/mol. The van der Waals surface area contributed by atoms with Crippen LogP contribution in [-0.4, -0.2) is 43.0 Å². The fourth-order valence-corrected chi connectivity index (χ4v) is 3.45. The van der Waals surface area contributed by atoms with Crippen LogP contribution in [0.25, 0.3) is 10.1 Å². The van der Waals surface area contributed by atoms with E-state index in [1.165, 1.54) is 41.1 Å². The molecule has 0 radical (unpaired) electrons. The smallest absolute Gasteiger partial charge is 0.0346 e. The van der Waals surface area contributed by atoms with Gasteiger partial charge in [0.2, 0.25) is 0 Å². The zero-order valence-corrected chi connectivity index (χ0v) is 11.0. The molecule has 2 nitrogen and oxygen atoms in total. The number of hydrogen-bond acceptors (Lipinski definition) is 3. The van der Waals surface area contributed by atoms with Gasteiger partial charge in [-0.3, -0.25) is 4.90 Å². The molecule has 0 N–H and O–H groups in total. The third-order valence-corrected chi connectivity index (χ3v) is 4.55. The van der Waals surface area contributed by atoms with Crippen LogP contribution in [0, 0.1) is 0 Å². The fraction of sp³-hybridized carbons (Fsp3) is 0.429. The van der Waals surface area contributed by atoms with Gasteiger partial charge in [0, 0.05) is 42.3 Å². The van der Waals surface area contributed by atoms with Crippen molar-refractivity contribution in [3.05, 3.63) is 35.2 Å². The lowest BCUT2D eigenvalue weighted by Gasteiger charge is -2.31. The molecule has 1 saturated heterocycles. The maximum atomic E-state index is 2.56. The van der Waals surface area contributed by atoms with Crippen molar-refractivity contribution < 1.29 is 0 Å². The van der Waals surface area contributed by atoms with Crippen molar-refractivity contribution in [2.24, 2.45) is 0 Å². The second kappa shape index (κ2) is 4.77. The monoisotopic (exact) mass is 246 g/mol. The number of piperazine rings is 1. The summed E-state index contributed by atoms with van der Waals surface area (Å²) in [5, 5.41) is 1.39. The lowest BCUT2D eigenvalue weighted by atomic mass is 10.2.